The number of carbonyl (C=O) groups excluding carboxylic acids is 1. The van der Waals surface area contributed by atoms with Gasteiger partial charge in [-0.3, -0.25) is 9.78 Å². The molecule has 0 aliphatic carbocycles. The van der Waals surface area contributed by atoms with Crippen molar-refractivity contribution in [2.45, 2.75) is 24.8 Å². The zero-order chi connectivity index (χ0) is 20.3. The van der Waals surface area contributed by atoms with Crippen LogP contribution in [0.25, 0.3) is 10.9 Å². The summed E-state index contributed by atoms with van der Waals surface area (Å²) in [5.74, 6) is 2.78. The Kier molecular flexibility index (Phi) is 5.82. The smallest absolute Gasteiger partial charge is 0.272 e. The third-order valence-corrected chi connectivity index (χ3v) is 5.05. The molecule has 0 bridgehead atoms. The Balaban J connectivity index is 1.78. The van der Waals surface area contributed by atoms with E-state index >= 15 is 0 Å². The van der Waals surface area contributed by atoms with Crippen LogP contribution in [0, 0.1) is 12.3 Å². The number of nitrogens with one attached hydrogen (secondary N) is 1. The van der Waals surface area contributed by atoms with Crippen LogP contribution in [-0.4, -0.2) is 27.7 Å². The summed E-state index contributed by atoms with van der Waals surface area (Å²) in [5, 5.41) is 7.95. The minimum atomic E-state index is -0.826. The molecule has 0 radical (unpaired) electrons. The van der Waals surface area contributed by atoms with E-state index in [0.717, 1.165) is 10.9 Å². The van der Waals surface area contributed by atoms with Crippen LogP contribution in [0.15, 0.2) is 41.2 Å². The second-order valence-corrected chi connectivity index (χ2v) is 7.84. The number of ether oxygens (including phenoxy) is 1. The quantitative estimate of drug-likeness (QED) is 0.484. The number of fused-ring (bicyclic) bond motifs is 1. The van der Waals surface area contributed by atoms with Crippen molar-refractivity contribution < 1.29 is 14.1 Å². The zero-order valence-electron chi connectivity index (χ0n) is 15.5. The van der Waals surface area contributed by atoms with Gasteiger partial charge in [-0.15, -0.1) is 18.2 Å². The first-order valence-electron chi connectivity index (χ1n) is 8.32. The molecule has 0 fully saturated rings. The van der Waals surface area contributed by atoms with Gasteiger partial charge in [-0.25, -0.2) is 0 Å². The van der Waals surface area contributed by atoms with E-state index in [1.807, 2.05) is 12.1 Å². The minimum absolute atomic E-state index is 0.313. The lowest BCUT2D eigenvalue weighted by Gasteiger charge is -2.26. The van der Waals surface area contributed by atoms with Gasteiger partial charge in [0.05, 0.1) is 11.1 Å². The van der Waals surface area contributed by atoms with Crippen molar-refractivity contribution in [1.82, 2.24) is 15.5 Å². The van der Waals surface area contributed by atoms with Gasteiger partial charge in [0.15, 0.2) is 0 Å². The molecule has 0 aliphatic rings. The lowest BCUT2D eigenvalue weighted by molar-refractivity contribution is -0.126. The molecule has 28 heavy (non-hydrogen) atoms. The fraction of sp³-hybridized carbons (Fsp3) is 0.250. The SMILES string of the molecule is C#Cc1cnc2ccc(OC(SC)C(=O)NC(C)(C)c3nocc3Cl)cc2c1. The van der Waals surface area contributed by atoms with Crippen LogP contribution < -0.4 is 10.1 Å². The van der Waals surface area contributed by atoms with Crippen molar-refractivity contribution >= 4 is 40.2 Å². The maximum absolute atomic E-state index is 12.8. The van der Waals surface area contributed by atoms with Gasteiger partial charge in [0, 0.05) is 17.1 Å². The first-order chi connectivity index (χ1) is 13.3. The normalized spacial score (nSPS) is 12.4. The lowest BCUT2D eigenvalue weighted by atomic mass is 10.0. The van der Waals surface area contributed by atoms with Crippen LogP contribution in [0.4, 0.5) is 0 Å². The number of amides is 1. The average molecular weight is 416 g/mol. The van der Waals surface area contributed by atoms with Crippen molar-refractivity contribution in [3.05, 3.63) is 53.0 Å². The molecule has 2 heterocycles. The molecule has 6 nitrogen and oxygen atoms in total. The second-order valence-electron chi connectivity index (χ2n) is 6.53. The third-order valence-electron chi connectivity index (χ3n) is 4.04. The fourth-order valence-electron chi connectivity index (χ4n) is 2.66. The number of halogens is 1. The Hall–Kier alpha value is -2.69. The van der Waals surface area contributed by atoms with Crippen LogP contribution in [0.3, 0.4) is 0 Å². The Bertz CT molecular complexity index is 1060. The molecular weight excluding hydrogens is 398 g/mol. The number of aromatic nitrogens is 2. The predicted molar refractivity (Wildman–Crippen MR) is 110 cm³/mol. The topological polar surface area (TPSA) is 77.2 Å². The third kappa shape index (κ3) is 4.24. The number of rotatable bonds is 6. The molecule has 1 amide bonds. The Morgan fingerprint density at radius 3 is 2.86 bits per heavy atom. The summed E-state index contributed by atoms with van der Waals surface area (Å²) >= 11 is 7.34. The Morgan fingerprint density at radius 1 is 1.43 bits per heavy atom. The summed E-state index contributed by atoms with van der Waals surface area (Å²) in [4.78, 5) is 17.1. The Labute approximate surface area is 172 Å². The highest BCUT2D eigenvalue weighted by molar-refractivity contribution is 7.99. The van der Waals surface area contributed by atoms with E-state index in [1.165, 1.54) is 18.0 Å². The van der Waals surface area contributed by atoms with Crippen molar-refractivity contribution in [3.8, 4) is 18.1 Å². The van der Waals surface area contributed by atoms with E-state index in [9.17, 15) is 4.79 Å². The summed E-state index contributed by atoms with van der Waals surface area (Å²) in [6.45, 7) is 3.57. The van der Waals surface area contributed by atoms with Gasteiger partial charge >= 0.3 is 0 Å². The van der Waals surface area contributed by atoms with Crippen LogP contribution in [0.5, 0.6) is 5.75 Å². The number of pyridine rings is 1. The first kappa shape index (κ1) is 20.1. The Morgan fingerprint density at radius 2 is 2.21 bits per heavy atom. The molecule has 0 saturated carbocycles. The van der Waals surface area contributed by atoms with E-state index in [2.05, 4.69) is 21.4 Å². The summed E-state index contributed by atoms with van der Waals surface area (Å²) in [6.07, 6.45) is 10.2. The molecule has 3 aromatic rings. The summed E-state index contributed by atoms with van der Waals surface area (Å²) in [7, 11) is 0. The zero-order valence-corrected chi connectivity index (χ0v) is 17.1. The first-order valence-corrected chi connectivity index (χ1v) is 9.99. The van der Waals surface area contributed by atoms with Gasteiger partial charge in [-0.05, 0) is 44.4 Å². The van der Waals surface area contributed by atoms with E-state index in [-0.39, 0.29) is 5.91 Å². The molecule has 1 aromatic carbocycles. The van der Waals surface area contributed by atoms with Crippen LogP contribution in [-0.2, 0) is 10.3 Å². The molecule has 2 aromatic heterocycles. The lowest BCUT2D eigenvalue weighted by Crippen LogP contribution is -2.47. The number of terminal acetylenes is 1. The van der Waals surface area contributed by atoms with Crippen LogP contribution in [0.2, 0.25) is 5.02 Å². The van der Waals surface area contributed by atoms with Gasteiger partial charge in [0.1, 0.15) is 22.7 Å². The second kappa shape index (κ2) is 8.13. The molecule has 0 saturated heterocycles. The van der Waals surface area contributed by atoms with Crippen molar-refractivity contribution in [2.75, 3.05) is 6.26 Å². The van der Waals surface area contributed by atoms with E-state index in [0.29, 0.717) is 22.0 Å². The largest absolute Gasteiger partial charge is 0.470 e. The minimum Gasteiger partial charge on any atom is -0.470 e. The van der Waals surface area contributed by atoms with Gasteiger partial charge in [-0.2, -0.15) is 0 Å². The van der Waals surface area contributed by atoms with Crippen LogP contribution >= 0.6 is 23.4 Å². The number of carbonyl (C=O) groups is 1. The molecule has 0 aliphatic heterocycles. The summed E-state index contributed by atoms with van der Waals surface area (Å²) < 4.78 is 10.8. The highest BCUT2D eigenvalue weighted by atomic mass is 35.5. The van der Waals surface area contributed by atoms with E-state index < -0.39 is 11.0 Å². The molecule has 0 spiro atoms. The monoisotopic (exact) mass is 415 g/mol. The highest BCUT2D eigenvalue weighted by Crippen LogP contribution is 2.28. The standard InChI is InChI=1S/C20H18ClN3O3S/c1-5-12-8-13-9-14(6-7-16(13)22-10-12)27-19(28-4)18(25)23-20(2,3)17-15(21)11-26-24-17/h1,6-11,19H,2-4H3,(H,23,25). The van der Waals surface area contributed by atoms with Crippen molar-refractivity contribution in [1.29, 1.82) is 0 Å². The highest BCUT2D eigenvalue weighted by Gasteiger charge is 2.32. The van der Waals surface area contributed by atoms with Gasteiger partial charge in [-0.1, -0.05) is 22.7 Å². The number of benzene rings is 1. The number of hydrogen-bond donors (Lipinski definition) is 1. The molecule has 1 unspecified atom stereocenters. The molecule has 144 valence electrons. The maximum Gasteiger partial charge on any atom is 0.272 e. The molecule has 8 heteroatoms. The van der Waals surface area contributed by atoms with Gasteiger partial charge in [0.25, 0.3) is 5.91 Å². The summed E-state index contributed by atoms with van der Waals surface area (Å²) in [6, 6.07) is 7.23. The fourth-order valence-corrected chi connectivity index (χ4v) is 3.45. The molecule has 3 rings (SSSR count). The molecular formula is C20H18ClN3O3S. The van der Waals surface area contributed by atoms with E-state index in [1.54, 1.807) is 38.4 Å². The van der Waals surface area contributed by atoms with Gasteiger partial charge < -0.3 is 14.6 Å². The van der Waals surface area contributed by atoms with Crippen molar-refractivity contribution in [2.24, 2.45) is 0 Å². The van der Waals surface area contributed by atoms with Crippen LogP contribution in [0.1, 0.15) is 25.1 Å². The summed E-state index contributed by atoms with van der Waals surface area (Å²) in [5.41, 5.74) is 0.313. The maximum atomic E-state index is 12.8. The predicted octanol–water partition coefficient (Wildman–Crippen LogP) is 3.98. The number of thioether (sulfide) groups is 1. The molecule has 1 N–H and O–H groups in total. The van der Waals surface area contributed by atoms with Gasteiger partial charge in [0.2, 0.25) is 5.44 Å². The van der Waals surface area contributed by atoms with Crippen molar-refractivity contribution in [3.63, 3.8) is 0 Å². The number of nitrogens with zero attached hydrogens (tertiary/aromatic N) is 2. The number of hydrogen-bond acceptors (Lipinski definition) is 6. The average Bonchev–Trinajstić information content (AvgIpc) is 3.12. The van der Waals surface area contributed by atoms with E-state index in [4.69, 9.17) is 27.3 Å². The molecule has 1 atom stereocenters.